The minimum absolute atomic E-state index is 0.652. The SMILES string of the molecule is C/C=C\C=C/CC1C=CC(c2ccccc2)=CC1. The summed E-state index contributed by atoms with van der Waals surface area (Å²) < 4.78 is 0. The molecule has 0 saturated carbocycles. The molecule has 1 unspecified atom stereocenters. The van der Waals surface area contributed by atoms with Gasteiger partial charge in [-0.1, -0.05) is 72.9 Å². The lowest BCUT2D eigenvalue weighted by Crippen LogP contribution is -1.98. The van der Waals surface area contributed by atoms with Crippen LogP contribution in [0, 0.1) is 5.92 Å². The Morgan fingerprint density at radius 3 is 2.67 bits per heavy atom. The van der Waals surface area contributed by atoms with E-state index in [-0.39, 0.29) is 0 Å². The Morgan fingerprint density at radius 1 is 1.17 bits per heavy atom. The van der Waals surface area contributed by atoms with E-state index in [4.69, 9.17) is 0 Å². The van der Waals surface area contributed by atoms with E-state index in [9.17, 15) is 0 Å². The van der Waals surface area contributed by atoms with E-state index >= 15 is 0 Å². The van der Waals surface area contributed by atoms with Crippen LogP contribution >= 0.6 is 0 Å². The molecule has 0 fully saturated rings. The zero-order valence-electron chi connectivity index (χ0n) is 10.9. The lowest BCUT2D eigenvalue weighted by atomic mass is 9.91. The van der Waals surface area contributed by atoms with E-state index in [1.54, 1.807) is 0 Å². The third-order valence-electron chi connectivity index (χ3n) is 3.17. The van der Waals surface area contributed by atoms with Crippen molar-refractivity contribution < 1.29 is 0 Å². The van der Waals surface area contributed by atoms with E-state index in [0.29, 0.717) is 5.92 Å². The smallest absolute Gasteiger partial charge is 0.0161 e. The summed E-state index contributed by atoms with van der Waals surface area (Å²) in [5.41, 5.74) is 2.67. The van der Waals surface area contributed by atoms with Crippen LogP contribution in [0.15, 0.2) is 72.9 Å². The molecule has 0 spiro atoms. The lowest BCUT2D eigenvalue weighted by Gasteiger charge is -2.14. The van der Waals surface area contributed by atoms with Crippen LogP contribution in [-0.2, 0) is 0 Å². The van der Waals surface area contributed by atoms with Crippen LogP contribution in [-0.4, -0.2) is 0 Å². The molecule has 1 aliphatic rings. The average molecular weight is 236 g/mol. The second-order valence-electron chi connectivity index (χ2n) is 4.57. The number of hydrogen-bond acceptors (Lipinski definition) is 0. The van der Waals surface area contributed by atoms with Gasteiger partial charge >= 0.3 is 0 Å². The van der Waals surface area contributed by atoms with Crippen LogP contribution in [0.1, 0.15) is 25.3 Å². The van der Waals surface area contributed by atoms with Gasteiger partial charge in [0.2, 0.25) is 0 Å². The largest absolute Gasteiger partial charge is 0.0877 e. The van der Waals surface area contributed by atoms with E-state index in [1.807, 2.05) is 6.92 Å². The standard InChI is InChI=1S/C18H20/c1-2-3-4-6-9-16-12-14-18(15-13-16)17-10-7-5-8-11-17/h2-8,10-12,14-16H,9,13H2,1H3/b3-2-,6-4-. The fraction of sp³-hybridized carbons (Fsp3) is 0.222. The summed E-state index contributed by atoms with van der Waals surface area (Å²) in [5, 5.41) is 0. The normalized spacial score (nSPS) is 19.6. The zero-order valence-corrected chi connectivity index (χ0v) is 10.9. The minimum atomic E-state index is 0.652. The lowest BCUT2D eigenvalue weighted by molar-refractivity contribution is 0.671. The van der Waals surface area contributed by atoms with Gasteiger partial charge < -0.3 is 0 Å². The van der Waals surface area contributed by atoms with E-state index in [2.05, 4.69) is 72.9 Å². The average Bonchev–Trinajstić information content (AvgIpc) is 2.45. The summed E-state index contributed by atoms with van der Waals surface area (Å²) in [7, 11) is 0. The summed E-state index contributed by atoms with van der Waals surface area (Å²) >= 11 is 0. The van der Waals surface area contributed by atoms with Crippen LogP contribution in [0.4, 0.5) is 0 Å². The molecule has 0 radical (unpaired) electrons. The highest BCUT2D eigenvalue weighted by Gasteiger charge is 2.07. The molecule has 0 heteroatoms. The van der Waals surface area contributed by atoms with Crippen LogP contribution < -0.4 is 0 Å². The van der Waals surface area contributed by atoms with Gasteiger partial charge in [0.05, 0.1) is 0 Å². The Bertz CT molecular complexity index is 472. The van der Waals surface area contributed by atoms with Crippen molar-refractivity contribution >= 4 is 5.57 Å². The molecule has 1 atom stereocenters. The topological polar surface area (TPSA) is 0 Å². The minimum Gasteiger partial charge on any atom is -0.0877 e. The Balaban J connectivity index is 1.91. The van der Waals surface area contributed by atoms with E-state index in [0.717, 1.165) is 12.8 Å². The summed E-state index contributed by atoms with van der Waals surface area (Å²) in [4.78, 5) is 0. The van der Waals surface area contributed by atoms with Crippen molar-refractivity contribution in [1.82, 2.24) is 0 Å². The Hall–Kier alpha value is -1.82. The molecular formula is C18H20. The molecule has 0 N–H and O–H groups in total. The van der Waals surface area contributed by atoms with Crippen LogP contribution in [0.2, 0.25) is 0 Å². The molecule has 1 aromatic carbocycles. The summed E-state index contributed by atoms with van der Waals surface area (Å²) in [6.07, 6.45) is 17.7. The van der Waals surface area contributed by atoms with Gasteiger partial charge in [-0.05, 0) is 36.8 Å². The van der Waals surface area contributed by atoms with E-state index in [1.165, 1.54) is 11.1 Å². The third kappa shape index (κ3) is 3.59. The molecule has 0 amide bonds. The second-order valence-corrected chi connectivity index (χ2v) is 4.57. The maximum atomic E-state index is 2.35. The molecule has 1 aliphatic carbocycles. The van der Waals surface area contributed by atoms with Gasteiger partial charge in [-0.2, -0.15) is 0 Å². The molecule has 0 heterocycles. The first kappa shape index (κ1) is 12.6. The Labute approximate surface area is 110 Å². The molecule has 0 aromatic heterocycles. The molecule has 0 bridgehead atoms. The van der Waals surface area contributed by atoms with Crippen molar-refractivity contribution in [3.05, 3.63) is 78.4 Å². The Morgan fingerprint density at radius 2 is 2.00 bits per heavy atom. The van der Waals surface area contributed by atoms with Gasteiger partial charge in [0.15, 0.2) is 0 Å². The fourth-order valence-electron chi connectivity index (χ4n) is 2.13. The van der Waals surface area contributed by atoms with Crippen molar-refractivity contribution in [3.63, 3.8) is 0 Å². The second kappa shape index (κ2) is 6.80. The van der Waals surface area contributed by atoms with Crippen molar-refractivity contribution in [2.45, 2.75) is 19.8 Å². The number of allylic oxidation sites excluding steroid dienone is 8. The van der Waals surface area contributed by atoms with Crippen LogP contribution in [0.5, 0.6) is 0 Å². The zero-order chi connectivity index (χ0) is 12.6. The van der Waals surface area contributed by atoms with Crippen molar-refractivity contribution in [2.24, 2.45) is 5.92 Å². The maximum Gasteiger partial charge on any atom is -0.0161 e. The maximum absolute atomic E-state index is 2.35. The van der Waals surface area contributed by atoms with Gasteiger partial charge in [0, 0.05) is 0 Å². The van der Waals surface area contributed by atoms with Gasteiger partial charge in [-0.15, -0.1) is 0 Å². The van der Waals surface area contributed by atoms with Gasteiger partial charge in [0.1, 0.15) is 0 Å². The number of benzene rings is 1. The summed E-state index contributed by atoms with van der Waals surface area (Å²) in [6.45, 7) is 2.04. The van der Waals surface area contributed by atoms with Crippen molar-refractivity contribution in [2.75, 3.05) is 0 Å². The first-order valence-electron chi connectivity index (χ1n) is 6.62. The Kier molecular flexibility index (Phi) is 4.78. The molecule has 0 nitrogen and oxygen atoms in total. The molecule has 92 valence electrons. The summed E-state index contributed by atoms with van der Waals surface area (Å²) in [5.74, 6) is 0.652. The predicted octanol–water partition coefficient (Wildman–Crippen LogP) is 5.17. The van der Waals surface area contributed by atoms with E-state index < -0.39 is 0 Å². The van der Waals surface area contributed by atoms with Crippen LogP contribution in [0.25, 0.3) is 5.57 Å². The molecular weight excluding hydrogens is 216 g/mol. The molecule has 0 aliphatic heterocycles. The fourth-order valence-corrected chi connectivity index (χ4v) is 2.13. The molecule has 18 heavy (non-hydrogen) atoms. The van der Waals surface area contributed by atoms with Crippen molar-refractivity contribution in [1.29, 1.82) is 0 Å². The molecule has 0 saturated heterocycles. The van der Waals surface area contributed by atoms with Gasteiger partial charge in [0.25, 0.3) is 0 Å². The monoisotopic (exact) mass is 236 g/mol. The molecule has 2 rings (SSSR count). The van der Waals surface area contributed by atoms with Gasteiger partial charge in [-0.3, -0.25) is 0 Å². The van der Waals surface area contributed by atoms with Crippen molar-refractivity contribution in [3.8, 4) is 0 Å². The van der Waals surface area contributed by atoms with Crippen LogP contribution in [0.3, 0.4) is 0 Å². The van der Waals surface area contributed by atoms with Gasteiger partial charge in [-0.25, -0.2) is 0 Å². The number of hydrogen-bond donors (Lipinski definition) is 0. The molecule has 1 aromatic rings. The highest BCUT2D eigenvalue weighted by Crippen LogP contribution is 2.25. The highest BCUT2D eigenvalue weighted by molar-refractivity contribution is 5.74. The first-order valence-corrected chi connectivity index (χ1v) is 6.62. The first-order chi connectivity index (χ1) is 8.90. The highest BCUT2D eigenvalue weighted by atomic mass is 14.1. The summed E-state index contributed by atoms with van der Waals surface area (Å²) in [6, 6.07) is 10.6. The third-order valence-corrected chi connectivity index (χ3v) is 3.17. The quantitative estimate of drug-likeness (QED) is 0.633. The number of rotatable bonds is 4. The predicted molar refractivity (Wildman–Crippen MR) is 80.2 cm³/mol.